The van der Waals surface area contributed by atoms with Crippen molar-refractivity contribution in [3.63, 3.8) is 0 Å². The van der Waals surface area contributed by atoms with Gasteiger partial charge in [0.1, 0.15) is 22.8 Å². The van der Waals surface area contributed by atoms with E-state index in [0.717, 1.165) is 43.3 Å². The molecule has 1 spiro atoms. The fraction of sp³-hybridized carbons (Fsp3) is 0.500. The standard InChI is InChI=1S/C34H40N6O6S/c1-37-13-11-24(12-14-37)38-19-33(20-38)21-39(22-33)34(28-16-25(44-2)6-9-30(28)46-4)27-15-23(17-35)5-8-29(27)40(32(34)41)47(42,43)31-10-7-26(45-3)18-36-31/h5-10,15-16,18,24,27,29H,11-14,19-22H2,1-4H3. The molecule has 2 aromatic rings. The van der Waals surface area contributed by atoms with Crippen LogP contribution in [0.25, 0.3) is 0 Å². The Bertz CT molecular complexity index is 1770. The summed E-state index contributed by atoms with van der Waals surface area (Å²) in [6.45, 7) is 5.24. The number of allylic oxidation sites excluding steroid dienone is 2. The maximum atomic E-state index is 15.3. The van der Waals surface area contributed by atoms with Crippen molar-refractivity contribution in [2.45, 2.75) is 35.5 Å². The molecule has 5 aliphatic rings. The molecule has 5 heterocycles. The number of rotatable bonds is 8. The summed E-state index contributed by atoms with van der Waals surface area (Å²) in [5, 5.41) is 9.72. The first-order chi connectivity index (χ1) is 22.6. The molecule has 7 rings (SSSR count). The van der Waals surface area contributed by atoms with E-state index in [2.05, 4.69) is 32.8 Å². The minimum atomic E-state index is -4.44. The number of likely N-dealkylation sites (tertiary alicyclic amines) is 3. The average Bonchev–Trinajstić information content (AvgIpc) is 3.32. The van der Waals surface area contributed by atoms with Gasteiger partial charge in [-0.25, -0.2) is 9.29 Å². The van der Waals surface area contributed by atoms with Gasteiger partial charge in [0.15, 0.2) is 5.03 Å². The first-order valence-electron chi connectivity index (χ1n) is 15.9. The van der Waals surface area contributed by atoms with Crippen LogP contribution in [0.1, 0.15) is 18.4 Å². The molecule has 0 radical (unpaired) electrons. The topological polar surface area (TPSA) is 129 Å². The number of hydrogen-bond acceptors (Lipinski definition) is 11. The molecule has 1 aliphatic carbocycles. The van der Waals surface area contributed by atoms with Crippen LogP contribution in [0.5, 0.6) is 17.2 Å². The minimum Gasteiger partial charge on any atom is -0.497 e. The summed E-state index contributed by atoms with van der Waals surface area (Å²) in [5.41, 5.74) is -0.644. The van der Waals surface area contributed by atoms with Gasteiger partial charge in [-0.2, -0.15) is 13.7 Å². The van der Waals surface area contributed by atoms with Crippen molar-refractivity contribution in [2.24, 2.45) is 11.3 Å². The van der Waals surface area contributed by atoms with Gasteiger partial charge in [-0.3, -0.25) is 14.6 Å². The van der Waals surface area contributed by atoms with Gasteiger partial charge in [-0.15, -0.1) is 0 Å². The number of nitriles is 1. The Morgan fingerprint density at radius 1 is 0.979 bits per heavy atom. The van der Waals surface area contributed by atoms with Crippen LogP contribution in [-0.4, -0.2) is 118 Å². The predicted octanol–water partition coefficient (Wildman–Crippen LogP) is 2.25. The Balaban J connectivity index is 1.33. The lowest BCUT2D eigenvalue weighted by Crippen LogP contribution is -2.78. The molecule has 1 aromatic heterocycles. The van der Waals surface area contributed by atoms with Crippen molar-refractivity contribution in [1.29, 1.82) is 5.26 Å². The summed E-state index contributed by atoms with van der Waals surface area (Å²) in [5.74, 6) is -0.0106. The summed E-state index contributed by atoms with van der Waals surface area (Å²) < 4.78 is 46.5. The van der Waals surface area contributed by atoms with Gasteiger partial charge >= 0.3 is 0 Å². The van der Waals surface area contributed by atoms with Gasteiger partial charge in [0.25, 0.3) is 15.9 Å². The number of aromatic nitrogens is 1. The molecule has 1 aromatic carbocycles. The zero-order valence-corrected chi connectivity index (χ0v) is 27.9. The number of methoxy groups -OCH3 is 3. The minimum absolute atomic E-state index is 0.00561. The smallest absolute Gasteiger partial charge is 0.284 e. The normalized spacial score (nSPS) is 27.9. The number of hydrogen-bond donors (Lipinski definition) is 0. The fourth-order valence-corrected chi connectivity index (χ4v) is 9.87. The largest absolute Gasteiger partial charge is 0.497 e. The zero-order chi connectivity index (χ0) is 33.1. The Labute approximate surface area is 275 Å². The second-order valence-electron chi connectivity index (χ2n) is 13.4. The monoisotopic (exact) mass is 660 g/mol. The van der Waals surface area contributed by atoms with Gasteiger partial charge in [0.05, 0.1) is 39.6 Å². The average molecular weight is 661 g/mol. The summed E-state index contributed by atoms with van der Waals surface area (Å²) in [6, 6.07) is 9.98. The van der Waals surface area contributed by atoms with Gasteiger partial charge < -0.3 is 19.1 Å². The lowest BCUT2D eigenvalue weighted by Gasteiger charge is -2.66. The zero-order valence-electron chi connectivity index (χ0n) is 27.1. The number of piperidine rings is 1. The molecule has 0 bridgehead atoms. The molecule has 248 valence electrons. The van der Waals surface area contributed by atoms with Crippen LogP contribution in [-0.2, 0) is 20.4 Å². The molecule has 47 heavy (non-hydrogen) atoms. The molecule has 4 aliphatic heterocycles. The molecule has 3 atom stereocenters. The van der Waals surface area contributed by atoms with Crippen LogP contribution >= 0.6 is 0 Å². The number of nitrogens with zero attached hydrogens (tertiary/aromatic N) is 6. The number of fused-ring (bicyclic) bond motifs is 1. The lowest BCUT2D eigenvalue weighted by molar-refractivity contribution is -0.181. The van der Waals surface area contributed by atoms with E-state index >= 15 is 4.79 Å². The van der Waals surface area contributed by atoms with E-state index in [4.69, 9.17) is 14.2 Å². The van der Waals surface area contributed by atoms with Gasteiger partial charge in [0, 0.05) is 54.7 Å². The van der Waals surface area contributed by atoms with E-state index in [0.29, 0.717) is 47.5 Å². The molecule has 13 heteroatoms. The first-order valence-corrected chi connectivity index (χ1v) is 17.3. The van der Waals surface area contributed by atoms with Crippen LogP contribution in [0.3, 0.4) is 0 Å². The number of ether oxygens (including phenoxy) is 3. The highest BCUT2D eigenvalue weighted by Gasteiger charge is 2.70. The Morgan fingerprint density at radius 2 is 1.68 bits per heavy atom. The van der Waals surface area contributed by atoms with Crippen LogP contribution in [0.2, 0.25) is 0 Å². The van der Waals surface area contributed by atoms with Crippen molar-refractivity contribution < 1.29 is 27.4 Å². The number of amides is 1. The van der Waals surface area contributed by atoms with E-state index in [1.165, 1.54) is 32.5 Å². The quantitative estimate of drug-likeness (QED) is 0.414. The van der Waals surface area contributed by atoms with E-state index < -0.39 is 33.4 Å². The van der Waals surface area contributed by atoms with Crippen molar-refractivity contribution >= 4 is 15.9 Å². The lowest BCUT2D eigenvalue weighted by atomic mass is 9.65. The third-order valence-electron chi connectivity index (χ3n) is 10.7. The fourth-order valence-electron chi connectivity index (χ4n) is 8.36. The van der Waals surface area contributed by atoms with E-state index in [9.17, 15) is 13.7 Å². The van der Waals surface area contributed by atoms with Crippen molar-refractivity contribution in [2.75, 3.05) is 67.6 Å². The second-order valence-corrected chi connectivity index (χ2v) is 15.1. The number of carbonyl (C=O) groups excluding carboxylic acids is 1. The molecule has 4 fully saturated rings. The Hall–Kier alpha value is -3.96. The third-order valence-corrected chi connectivity index (χ3v) is 12.4. The van der Waals surface area contributed by atoms with E-state index in [-0.39, 0.29) is 10.4 Å². The summed E-state index contributed by atoms with van der Waals surface area (Å²) in [6.07, 6.45) is 8.58. The van der Waals surface area contributed by atoms with Gasteiger partial charge in [0.2, 0.25) is 0 Å². The highest BCUT2D eigenvalue weighted by Crippen LogP contribution is 2.58. The summed E-state index contributed by atoms with van der Waals surface area (Å²) in [4.78, 5) is 26.5. The molecular weight excluding hydrogens is 620 g/mol. The summed E-state index contributed by atoms with van der Waals surface area (Å²) in [7, 11) is 2.27. The van der Waals surface area contributed by atoms with Crippen molar-refractivity contribution in [3.05, 3.63) is 65.9 Å². The van der Waals surface area contributed by atoms with Crippen LogP contribution in [0.4, 0.5) is 0 Å². The van der Waals surface area contributed by atoms with Crippen LogP contribution in [0.15, 0.2) is 65.4 Å². The molecule has 0 saturated carbocycles. The highest BCUT2D eigenvalue weighted by atomic mass is 32.2. The number of benzene rings is 1. The molecule has 1 amide bonds. The Morgan fingerprint density at radius 3 is 2.30 bits per heavy atom. The van der Waals surface area contributed by atoms with E-state index in [1.54, 1.807) is 43.5 Å². The van der Waals surface area contributed by atoms with Crippen LogP contribution < -0.4 is 14.2 Å². The Kier molecular flexibility index (Phi) is 7.82. The number of pyridine rings is 1. The van der Waals surface area contributed by atoms with Gasteiger partial charge in [-0.1, -0.05) is 12.2 Å². The van der Waals surface area contributed by atoms with Crippen LogP contribution in [0, 0.1) is 22.7 Å². The maximum absolute atomic E-state index is 15.3. The molecule has 12 nitrogen and oxygen atoms in total. The van der Waals surface area contributed by atoms with Gasteiger partial charge in [-0.05, 0) is 69.4 Å². The van der Waals surface area contributed by atoms with Crippen molar-refractivity contribution in [3.8, 4) is 23.3 Å². The molecule has 0 N–H and O–H groups in total. The predicted molar refractivity (Wildman–Crippen MR) is 172 cm³/mol. The number of carbonyl (C=O) groups is 1. The number of sulfonamides is 1. The van der Waals surface area contributed by atoms with E-state index in [1.807, 2.05) is 0 Å². The molecule has 4 saturated heterocycles. The molecule has 3 unspecified atom stereocenters. The SMILES string of the molecule is COc1ccc(S(=O)(=O)N2C(=O)C(c3cc(OC)ccc3OC)(N3CC4(CN(C5CCN(C)CC5)C4)C3)C3C=C(C#N)C=CC32)nc1. The third kappa shape index (κ3) is 4.84. The van der Waals surface area contributed by atoms with Crippen molar-refractivity contribution in [1.82, 2.24) is 24.0 Å². The maximum Gasteiger partial charge on any atom is 0.284 e. The molecular formula is C34H40N6O6S. The summed E-state index contributed by atoms with van der Waals surface area (Å²) >= 11 is 0. The second kappa shape index (κ2) is 11.6. The first kappa shape index (κ1) is 31.6. The highest BCUT2D eigenvalue weighted by molar-refractivity contribution is 7.89.